The van der Waals surface area contributed by atoms with E-state index < -0.39 is 0 Å². The first-order valence-electron chi connectivity index (χ1n) is 8.37. The van der Waals surface area contributed by atoms with Crippen molar-refractivity contribution in [3.63, 3.8) is 0 Å². The van der Waals surface area contributed by atoms with Gasteiger partial charge in [-0.25, -0.2) is 0 Å². The normalized spacial score (nSPS) is 11.9. The van der Waals surface area contributed by atoms with Crippen LogP contribution in [0.15, 0.2) is 49.1 Å². The molecule has 0 amide bonds. The highest BCUT2D eigenvalue weighted by atomic mass is 14.2. The van der Waals surface area contributed by atoms with Gasteiger partial charge in [-0.15, -0.1) is 0 Å². The fourth-order valence-corrected chi connectivity index (χ4v) is 3.55. The summed E-state index contributed by atoms with van der Waals surface area (Å²) in [6.07, 6.45) is 3.94. The predicted molar refractivity (Wildman–Crippen MR) is 108 cm³/mol. The number of hydrogen-bond acceptors (Lipinski definition) is 0. The minimum Gasteiger partial charge on any atom is -0.0990 e. The van der Waals surface area contributed by atoms with E-state index in [1.807, 2.05) is 6.08 Å². The Morgan fingerprint density at radius 3 is 2.17 bits per heavy atom. The van der Waals surface area contributed by atoms with Crippen LogP contribution in [0.3, 0.4) is 0 Å². The molecule has 120 valence electrons. The van der Waals surface area contributed by atoms with Gasteiger partial charge >= 0.3 is 0 Å². The fourth-order valence-electron chi connectivity index (χ4n) is 3.55. The van der Waals surface area contributed by atoms with E-state index >= 15 is 0 Å². The van der Waals surface area contributed by atoms with E-state index in [-0.39, 0.29) is 0 Å². The Balaban J connectivity index is 2.64. The molecule has 0 saturated heterocycles. The minimum absolute atomic E-state index is 1.05. The molecule has 0 fully saturated rings. The zero-order chi connectivity index (χ0) is 17.4. The van der Waals surface area contributed by atoms with Crippen molar-refractivity contribution < 1.29 is 0 Å². The predicted octanol–water partition coefficient (Wildman–Crippen LogP) is 5.12. The lowest BCUT2D eigenvalue weighted by atomic mass is 9.86. The van der Waals surface area contributed by atoms with Gasteiger partial charge in [-0.05, 0) is 82.3 Å². The Bertz CT molecular complexity index is 1070. The van der Waals surface area contributed by atoms with Crippen molar-refractivity contribution in [3.05, 3.63) is 81.7 Å². The van der Waals surface area contributed by atoms with Crippen LogP contribution in [0.5, 0.6) is 0 Å². The maximum absolute atomic E-state index is 4.28. The number of fused-ring (bicyclic) bond motifs is 1. The maximum Gasteiger partial charge on any atom is -0.00645 e. The van der Waals surface area contributed by atoms with E-state index in [9.17, 15) is 0 Å². The zero-order valence-electron chi connectivity index (χ0n) is 15.0. The lowest BCUT2D eigenvalue weighted by Gasteiger charge is -2.18. The van der Waals surface area contributed by atoms with Gasteiger partial charge in [-0.2, -0.15) is 0 Å². The summed E-state index contributed by atoms with van der Waals surface area (Å²) >= 11 is 0. The standard InChI is InChI=1S/C24H24/c1-7-10-21-17(4)13-15(2)18(5)23(21)24-19(6)16(3)14-20-11-8-9-12-22(20)24/h7-14H,1,4H2,2-3,5-6H3/b21-10+. The van der Waals surface area contributed by atoms with Crippen LogP contribution in [-0.4, -0.2) is 0 Å². The van der Waals surface area contributed by atoms with Crippen molar-refractivity contribution in [3.8, 4) is 11.1 Å². The number of hydrogen-bond donors (Lipinski definition) is 0. The summed E-state index contributed by atoms with van der Waals surface area (Å²) in [4.78, 5) is 0. The molecular formula is C24H24. The molecule has 0 bridgehead atoms. The molecule has 0 aliphatic heterocycles. The Morgan fingerprint density at radius 1 is 0.833 bits per heavy atom. The van der Waals surface area contributed by atoms with E-state index in [1.165, 1.54) is 49.4 Å². The number of aryl methyl sites for hydroxylation is 2. The number of rotatable bonds is 2. The lowest BCUT2D eigenvalue weighted by molar-refractivity contribution is 1.28. The first-order valence-corrected chi connectivity index (χ1v) is 8.37. The average Bonchev–Trinajstić information content (AvgIpc) is 2.55. The van der Waals surface area contributed by atoms with Crippen molar-refractivity contribution in [2.75, 3.05) is 0 Å². The van der Waals surface area contributed by atoms with Gasteiger partial charge in [0.2, 0.25) is 0 Å². The van der Waals surface area contributed by atoms with Crippen LogP contribution in [-0.2, 0) is 0 Å². The van der Waals surface area contributed by atoms with Gasteiger partial charge < -0.3 is 0 Å². The Hall–Kier alpha value is -2.60. The van der Waals surface area contributed by atoms with Crippen molar-refractivity contribution >= 4 is 23.4 Å². The van der Waals surface area contributed by atoms with Crippen LogP contribution in [0.25, 0.3) is 34.6 Å². The first-order chi connectivity index (χ1) is 11.5. The monoisotopic (exact) mass is 312 g/mol. The highest BCUT2D eigenvalue weighted by Gasteiger charge is 2.14. The van der Waals surface area contributed by atoms with E-state index in [2.05, 4.69) is 83.3 Å². The molecule has 0 nitrogen and oxygen atoms in total. The smallest absolute Gasteiger partial charge is 0.00645 e. The van der Waals surface area contributed by atoms with Gasteiger partial charge in [-0.3, -0.25) is 0 Å². The van der Waals surface area contributed by atoms with E-state index in [0.717, 1.165) is 5.22 Å². The van der Waals surface area contributed by atoms with Crippen molar-refractivity contribution in [1.82, 2.24) is 0 Å². The van der Waals surface area contributed by atoms with Crippen LogP contribution in [0.4, 0.5) is 0 Å². The average molecular weight is 312 g/mol. The summed E-state index contributed by atoms with van der Waals surface area (Å²) in [6, 6.07) is 13.1. The van der Waals surface area contributed by atoms with Crippen LogP contribution >= 0.6 is 0 Å². The summed E-state index contributed by atoms with van der Waals surface area (Å²) < 4.78 is 0. The fraction of sp³-hybridized carbons (Fsp3) is 0.167. The maximum atomic E-state index is 4.28. The molecule has 3 aromatic rings. The largest absolute Gasteiger partial charge is 0.0990 e. The third kappa shape index (κ3) is 2.49. The molecule has 0 spiro atoms. The Morgan fingerprint density at radius 2 is 1.46 bits per heavy atom. The Labute approximate surface area is 144 Å². The molecule has 0 heterocycles. The molecule has 0 aliphatic rings. The highest BCUT2D eigenvalue weighted by Crippen LogP contribution is 2.34. The topological polar surface area (TPSA) is 0 Å². The van der Waals surface area contributed by atoms with Crippen LogP contribution in [0.2, 0.25) is 0 Å². The molecule has 0 aliphatic carbocycles. The third-order valence-electron chi connectivity index (χ3n) is 5.08. The molecule has 0 unspecified atom stereocenters. The highest BCUT2D eigenvalue weighted by molar-refractivity contribution is 6.00. The Kier molecular flexibility index (Phi) is 4.15. The molecule has 0 atom stereocenters. The molecular weight excluding hydrogens is 288 g/mol. The van der Waals surface area contributed by atoms with Crippen molar-refractivity contribution in [2.24, 2.45) is 0 Å². The molecule has 3 aromatic carbocycles. The molecule has 0 heteroatoms. The summed E-state index contributed by atoms with van der Waals surface area (Å²) in [5.74, 6) is 0. The molecule has 0 aromatic heterocycles. The van der Waals surface area contributed by atoms with E-state index in [0.29, 0.717) is 0 Å². The second-order valence-corrected chi connectivity index (χ2v) is 6.58. The van der Waals surface area contributed by atoms with Crippen LogP contribution in [0, 0.1) is 27.7 Å². The van der Waals surface area contributed by atoms with Crippen LogP contribution in [0.1, 0.15) is 22.3 Å². The van der Waals surface area contributed by atoms with Gasteiger partial charge in [-0.1, -0.05) is 61.7 Å². The molecule has 24 heavy (non-hydrogen) atoms. The zero-order valence-corrected chi connectivity index (χ0v) is 15.0. The molecule has 0 radical (unpaired) electrons. The van der Waals surface area contributed by atoms with Gasteiger partial charge in [0.25, 0.3) is 0 Å². The summed E-state index contributed by atoms with van der Waals surface area (Å²) in [6.45, 7) is 17.0. The number of allylic oxidation sites excluding steroid dienone is 1. The van der Waals surface area contributed by atoms with E-state index in [1.54, 1.807) is 0 Å². The molecule has 0 N–H and O–H groups in total. The van der Waals surface area contributed by atoms with Crippen molar-refractivity contribution in [2.45, 2.75) is 27.7 Å². The SMILES string of the molecule is C=C/C=c1/c(-c2c(C)c(C)cc3ccccc23)c(C)c(C)cc1=C. The minimum atomic E-state index is 1.05. The molecule has 0 saturated carbocycles. The van der Waals surface area contributed by atoms with E-state index in [4.69, 9.17) is 0 Å². The van der Waals surface area contributed by atoms with Crippen LogP contribution < -0.4 is 10.4 Å². The second-order valence-electron chi connectivity index (χ2n) is 6.58. The second kappa shape index (κ2) is 6.13. The quantitative estimate of drug-likeness (QED) is 0.616. The summed E-state index contributed by atoms with van der Waals surface area (Å²) in [5.41, 5.74) is 7.86. The third-order valence-corrected chi connectivity index (χ3v) is 5.08. The van der Waals surface area contributed by atoms with Gasteiger partial charge in [0.15, 0.2) is 0 Å². The van der Waals surface area contributed by atoms with Crippen molar-refractivity contribution in [1.29, 1.82) is 0 Å². The summed E-state index contributed by atoms with van der Waals surface area (Å²) in [7, 11) is 0. The molecule has 3 rings (SSSR count). The first kappa shape index (κ1) is 16.3. The number of benzene rings is 3. The van der Waals surface area contributed by atoms with Gasteiger partial charge in [0.1, 0.15) is 0 Å². The lowest BCUT2D eigenvalue weighted by Crippen LogP contribution is -2.27. The van der Waals surface area contributed by atoms with Gasteiger partial charge in [0, 0.05) is 0 Å². The van der Waals surface area contributed by atoms with Gasteiger partial charge in [0.05, 0.1) is 0 Å². The summed E-state index contributed by atoms with van der Waals surface area (Å²) in [5, 5.41) is 4.81.